The van der Waals surface area contributed by atoms with E-state index in [-0.39, 0.29) is 0 Å². The van der Waals surface area contributed by atoms with Gasteiger partial charge in [0, 0.05) is 13.5 Å². The van der Waals surface area contributed by atoms with E-state index < -0.39 is 12.0 Å². The zero-order valence-electron chi connectivity index (χ0n) is 10.3. The second-order valence-corrected chi connectivity index (χ2v) is 4.72. The van der Waals surface area contributed by atoms with Gasteiger partial charge in [0.15, 0.2) is 0 Å². The Morgan fingerprint density at radius 2 is 2.22 bits per heavy atom. The fourth-order valence-corrected chi connectivity index (χ4v) is 2.26. The van der Waals surface area contributed by atoms with Gasteiger partial charge in [0.05, 0.1) is 0 Å². The highest BCUT2D eigenvalue weighted by molar-refractivity contribution is 4.96. The van der Waals surface area contributed by atoms with Crippen LogP contribution in [0.2, 0.25) is 0 Å². The Balaban J connectivity index is 1.94. The number of halogens is 3. The molecular weight excluding hydrogens is 245 g/mol. The monoisotopic (exact) mass is 262 g/mol. The van der Waals surface area contributed by atoms with Gasteiger partial charge in [-0.15, -0.1) is 5.10 Å². The minimum atomic E-state index is -4.46. The molecule has 1 aromatic heterocycles. The summed E-state index contributed by atoms with van der Waals surface area (Å²) < 4.78 is 38.5. The average Bonchev–Trinajstić information content (AvgIpc) is 2.69. The van der Waals surface area contributed by atoms with Crippen LogP contribution in [-0.4, -0.2) is 27.9 Å². The number of aromatic nitrogens is 3. The third kappa shape index (κ3) is 3.22. The van der Waals surface area contributed by atoms with E-state index in [0.29, 0.717) is 18.2 Å². The zero-order valence-corrected chi connectivity index (χ0v) is 10.3. The molecule has 2 heterocycles. The molecule has 1 fully saturated rings. The Morgan fingerprint density at radius 3 is 2.78 bits per heavy atom. The van der Waals surface area contributed by atoms with Crippen molar-refractivity contribution in [3.8, 4) is 0 Å². The fourth-order valence-electron chi connectivity index (χ4n) is 2.26. The van der Waals surface area contributed by atoms with Gasteiger partial charge in [-0.2, -0.15) is 13.2 Å². The van der Waals surface area contributed by atoms with E-state index in [2.05, 4.69) is 15.4 Å². The van der Waals surface area contributed by atoms with Crippen molar-refractivity contribution >= 4 is 0 Å². The molecular formula is C11H17F3N4. The van der Waals surface area contributed by atoms with Gasteiger partial charge in [0.1, 0.15) is 5.82 Å². The van der Waals surface area contributed by atoms with Crippen molar-refractivity contribution in [2.45, 2.75) is 31.9 Å². The van der Waals surface area contributed by atoms with Crippen LogP contribution in [0, 0.1) is 5.92 Å². The first kappa shape index (κ1) is 13.3. The Labute approximate surface area is 104 Å². The molecule has 18 heavy (non-hydrogen) atoms. The largest absolute Gasteiger partial charge is 0.453 e. The quantitative estimate of drug-likeness (QED) is 0.902. The fraction of sp³-hybridized carbons (Fsp3) is 0.818. The van der Waals surface area contributed by atoms with Crippen molar-refractivity contribution < 1.29 is 13.2 Å². The maximum atomic E-state index is 12.4. The van der Waals surface area contributed by atoms with E-state index in [1.807, 2.05) is 0 Å². The number of nitrogens with one attached hydrogen (secondary N) is 1. The second-order valence-electron chi connectivity index (χ2n) is 4.72. The predicted molar refractivity (Wildman–Crippen MR) is 59.9 cm³/mol. The van der Waals surface area contributed by atoms with E-state index in [9.17, 15) is 13.2 Å². The molecule has 0 radical (unpaired) electrons. The van der Waals surface area contributed by atoms with Crippen LogP contribution < -0.4 is 5.32 Å². The molecule has 1 N–H and O–H groups in total. The summed E-state index contributed by atoms with van der Waals surface area (Å²) in [7, 11) is 1.51. The first-order valence-corrected chi connectivity index (χ1v) is 6.14. The normalized spacial score (nSPS) is 21.2. The molecule has 1 saturated heterocycles. The Bertz CT molecular complexity index is 393. The molecule has 1 aliphatic heterocycles. The van der Waals surface area contributed by atoms with Crippen molar-refractivity contribution in [1.82, 2.24) is 20.1 Å². The summed E-state index contributed by atoms with van der Waals surface area (Å²) in [5, 5.41) is 6.70. The van der Waals surface area contributed by atoms with E-state index in [1.54, 1.807) is 0 Å². The molecule has 0 bridgehead atoms. The summed E-state index contributed by atoms with van der Waals surface area (Å²) in [6.45, 7) is 1.99. The van der Waals surface area contributed by atoms with Gasteiger partial charge in [-0.25, -0.2) is 4.98 Å². The number of piperidine rings is 1. The van der Waals surface area contributed by atoms with Crippen LogP contribution in [-0.2, 0) is 19.6 Å². The lowest BCUT2D eigenvalue weighted by atomic mass is 9.94. The van der Waals surface area contributed by atoms with Crippen LogP contribution >= 0.6 is 0 Å². The third-order valence-electron chi connectivity index (χ3n) is 3.28. The van der Waals surface area contributed by atoms with Crippen LogP contribution in [0.3, 0.4) is 0 Å². The number of hydrogen-bond acceptors (Lipinski definition) is 3. The van der Waals surface area contributed by atoms with E-state index in [4.69, 9.17) is 0 Å². The zero-order chi connectivity index (χ0) is 13.2. The molecule has 7 heteroatoms. The standard InChI is InChI=1S/C11H17F3N4/c1-18-9(16-10(17-18)11(12,13)14)5-4-8-3-2-6-15-7-8/h8,15H,2-7H2,1H3. The van der Waals surface area contributed by atoms with Gasteiger partial charge in [-0.3, -0.25) is 4.68 Å². The smallest absolute Gasteiger partial charge is 0.316 e. The van der Waals surface area contributed by atoms with Gasteiger partial charge in [-0.05, 0) is 38.3 Å². The van der Waals surface area contributed by atoms with E-state index in [0.717, 1.165) is 32.4 Å². The minimum absolute atomic E-state index is 0.410. The van der Waals surface area contributed by atoms with Crippen LogP contribution in [0.25, 0.3) is 0 Å². The Morgan fingerprint density at radius 1 is 1.44 bits per heavy atom. The van der Waals surface area contributed by atoms with Crippen molar-refractivity contribution in [2.75, 3.05) is 13.1 Å². The van der Waals surface area contributed by atoms with Gasteiger partial charge in [-0.1, -0.05) is 0 Å². The van der Waals surface area contributed by atoms with Crippen LogP contribution in [0.4, 0.5) is 13.2 Å². The SMILES string of the molecule is Cn1nc(C(F)(F)F)nc1CCC1CCCNC1. The molecule has 0 aromatic carbocycles. The van der Waals surface area contributed by atoms with E-state index in [1.165, 1.54) is 11.7 Å². The molecule has 0 spiro atoms. The number of alkyl halides is 3. The highest BCUT2D eigenvalue weighted by atomic mass is 19.4. The minimum Gasteiger partial charge on any atom is -0.316 e. The van der Waals surface area contributed by atoms with Crippen molar-refractivity contribution in [3.63, 3.8) is 0 Å². The molecule has 0 saturated carbocycles. The first-order chi connectivity index (χ1) is 8.47. The molecule has 1 atom stereocenters. The van der Waals surface area contributed by atoms with E-state index >= 15 is 0 Å². The summed E-state index contributed by atoms with van der Waals surface area (Å²) in [5.74, 6) is -0.0977. The highest BCUT2D eigenvalue weighted by Crippen LogP contribution is 2.26. The summed E-state index contributed by atoms with van der Waals surface area (Å²) in [4.78, 5) is 3.57. The average molecular weight is 262 g/mol. The molecule has 102 valence electrons. The van der Waals surface area contributed by atoms with Gasteiger partial charge >= 0.3 is 6.18 Å². The molecule has 0 aliphatic carbocycles. The second kappa shape index (κ2) is 5.26. The number of aryl methyl sites for hydroxylation is 2. The van der Waals surface area contributed by atoms with Gasteiger partial charge in [0.2, 0.25) is 0 Å². The lowest BCUT2D eigenvalue weighted by molar-refractivity contribution is -0.145. The topological polar surface area (TPSA) is 42.7 Å². The lowest BCUT2D eigenvalue weighted by Gasteiger charge is -2.22. The number of hydrogen-bond donors (Lipinski definition) is 1. The molecule has 1 aliphatic rings. The molecule has 1 unspecified atom stereocenters. The number of rotatable bonds is 3. The Kier molecular flexibility index (Phi) is 3.89. The highest BCUT2D eigenvalue weighted by Gasteiger charge is 2.36. The molecule has 4 nitrogen and oxygen atoms in total. The lowest BCUT2D eigenvalue weighted by Crippen LogP contribution is -2.30. The van der Waals surface area contributed by atoms with Gasteiger partial charge < -0.3 is 5.32 Å². The number of nitrogens with zero attached hydrogens (tertiary/aromatic N) is 3. The first-order valence-electron chi connectivity index (χ1n) is 6.14. The summed E-state index contributed by atoms with van der Waals surface area (Å²) in [5.41, 5.74) is 0. The van der Waals surface area contributed by atoms with Crippen molar-refractivity contribution in [2.24, 2.45) is 13.0 Å². The van der Waals surface area contributed by atoms with Crippen molar-refractivity contribution in [1.29, 1.82) is 0 Å². The molecule has 1 aromatic rings. The maximum Gasteiger partial charge on any atom is 0.453 e. The summed E-state index contributed by atoms with van der Waals surface area (Å²) in [6.07, 6.45) is -0.778. The van der Waals surface area contributed by atoms with Crippen LogP contribution in [0.5, 0.6) is 0 Å². The molecule has 0 amide bonds. The predicted octanol–water partition coefficient (Wildman–Crippen LogP) is 1.77. The molecule has 2 rings (SSSR count). The Hall–Kier alpha value is -1.11. The summed E-state index contributed by atoms with van der Waals surface area (Å²) in [6, 6.07) is 0. The van der Waals surface area contributed by atoms with Crippen LogP contribution in [0.1, 0.15) is 30.9 Å². The maximum absolute atomic E-state index is 12.4. The summed E-state index contributed by atoms with van der Waals surface area (Å²) >= 11 is 0. The third-order valence-corrected chi connectivity index (χ3v) is 3.28. The van der Waals surface area contributed by atoms with Gasteiger partial charge in [0.25, 0.3) is 5.82 Å². The van der Waals surface area contributed by atoms with Crippen LogP contribution in [0.15, 0.2) is 0 Å². The van der Waals surface area contributed by atoms with Crippen molar-refractivity contribution in [3.05, 3.63) is 11.6 Å².